The van der Waals surface area contributed by atoms with E-state index in [1.165, 1.54) is 19.3 Å². The van der Waals surface area contributed by atoms with Crippen LogP contribution in [0.25, 0.3) is 0 Å². The van der Waals surface area contributed by atoms with E-state index in [1.54, 1.807) is 0 Å². The Hall–Kier alpha value is -0.300. The Labute approximate surface area is 63.5 Å². The third-order valence-electron chi connectivity index (χ3n) is 1.80. The van der Waals surface area contributed by atoms with Crippen LogP contribution in [0.2, 0.25) is 0 Å². The van der Waals surface area contributed by atoms with Crippen molar-refractivity contribution in [3.8, 4) is 0 Å². The molecular weight excluding hydrogens is 122 g/mol. The van der Waals surface area contributed by atoms with E-state index in [9.17, 15) is 0 Å². The molecule has 0 aromatic carbocycles. The maximum Gasteiger partial charge on any atom is 0.0252 e. The van der Waals surface area contributed by atoms with Crippen molar-refractivity contribution in [3.63, 3.8) is 0 Å². The summed E-state index contributed by atoms with van der Waals surface area (Å²) < 4.78 is 0. The van der Waals surface area contributed by atoms with Crippen molar-refractivity contribution in [3.05, 3.63) is 12.2 Å². The van der Waals surface area contributed by atoms with Crippen molar-refractivity contribution in [2.75, 3.05) is 0 Å². The second-order valence-corrected chi connectivity index (χ2v) is 3.29. The van der Waals surface area contributed by atoms with Gasteiger partial charge in [0.15, 0.2) is 0 Å². The van der Waals surface area contributed by atoms with Crippen LogP contribution in [0.4, 0.5) is 0 Å². The lowest BCUT2D eigenvalue weighted by molar-refractivity contribution is 0.476. The molecule has 10 heavy (non-hydrogen) atoms. The van der Waals surface area contributed by atoms with Gasteiger partial charge in [-0.05, 0) is 19.3 Å². The van der Waals surface area contributed by atoms with E-state index in [0.717, 1.165) is 0 Å². The number of hydrogen-bond acceptors (Lipinski definition) is 1. The first-order chi connectivity index (χ1) is 4.79. The van der Waals surface area contributed by atoms with Crippen molar-refractivity contribution in [2.45, 2.75) is 45.2 Å². The molecule has 0 radical (unpaired) electrons. The fourth-order valence-corrected chi connectivity index (χ4v) is 1.38. The molecule has 0 saturated carbocycles. The van der Waals surface area contributed by atoms with Crippen LogP contribution in [0.5, 0.6) is 0 Å². The van der Waals surface area contributed by atoms with Gasteiger partial charge in [0.1, 0.15) is 0 Å². The first kappa shape index (κ1) is 7.80. The molecule has 0 saturated heterocycles. The van der Waals surface area contributed by atoms with Crippen LogP contribution < -0.4 is 5.32 Å². The summed E-state index contributed by atoms with van der Waals surface area (Å²) >= 11 is 0. The molecular formula is C9H17N. The molecule has 1 nitrogen and oxygen atoms in total. The average Bonchev–Trinajstić information content (AvgIpc) is 1.88. The Bertz CT molecular complexity index is 116. The summed E-state index contributed by atoms with van der Waals surface area (Å²) in [5.41, 5.74) is 0. The molecule has 1 N–H and O–H groups in total. The van der Waals surface area contributed by atoms with E-state index in [1.807, 2.05) is 0 Å². The number of nitrogens with one attached hydrogen (secondary N) is 1. The lowest BCUT2D eigenvalue weighted by Crippen LogP contribution is -2.33. The zero-order chi connectivity index (χ0) is 7.40. The highest BCUT2D eigenvalue weighted by molar-refractivity contribution is 4.97. The lowest BCUT2D eigenvalue weighted by Gasteiger charge is -2.20. The van der Waals surface area contributed by atoms with Crippen LogP contribution in [0, 0.1) is 0 Å². The van der Waals surface area contributed by atoms with Gasteiger partial charge in [0.05, 0.1) is 0 Å². The number of allylic oxidation sites excluding steroid dienone is 1. The summed E-state index contributed by atoms with van der Waals surface area (Å²) in [5, 5.41) is 3.49. The van der Waals surface area contributed by atoms with Crippen LogP contribution >= 0.6 is 0 Å². The van der Waals surface area contributed by atoms with Crippen LogP contribution in [-0.2, 0) is 0 Å². The van der Waals surface area contributed by atoms with Gasteiger partial charge in [-0.25, -0.2) is 0 Å². The highest BCUT2D eigenvalue weighted by atomic mass is 14.9. The summed E-state index contributed by atoms with van der Waals surface area (Å²) in [6.07, 6.45) is 8.51. The van der Waals surface area contributed by atoms with Gasteiger partial charge < -0.3 is 5.32 Å². The van der Waals surface area contributed by atoms with E-state index in [-0.39, 0.29) is 0 Å². The van der Waals surface area contributed by atoms with Crippen molar-refractivity contribution < 1.29 is 0 Å². The van der Waals surface area contributed by atoms with E-state index < -0.39 is 0 Å². The maximum atomic E-state index is 3.49. The maximum absolute atomic E-state index is 3.49. The molecule has 0 fully saturated rings. The van der Waals surface area contributed by atoms with Gasteiger partial charge in [-0.3, -0.25) is 0 Å². The fraction of sp³-hybridized carbons (Fsp3) is 0.778. The third-order valence-corrected chi connectivity index (χ3v) is 1.80. The molecule has 0 aromatic heterocycles. The number of hydrogen-bond donors (Lipinski definition) is 1. The second-order valence-electron chi connectivity index (χ2n) is 3.29. The second kappa shape index (κ2) is 3.77. The van der Waals surface area contributed by atoms with Gasteiger partial charge in [-0.1, -0.05) is 26.0 Å². The molecule has 58 valence electrons. The first-order valence-electron chi connectivity index (χ1n) is 4.22. The standard InChI is InChI=1S/C9H17N/c1-8(2)10-9-6-4-3-5-7-9/h4,6,8-10H,3,5,7H2,1-2H3. The molecule has 1 aliphatic rings. The minimum atomic E-state index is 0.618. The Morgan fingerprint density at radius 2 is 2.30 bits per heavy atom. The largest absolute Gasteiger partial charge is 0.308 e. The fourth-order valence-electron chi connectivity index (χ4n) is 1.38. The normalized spacial score (nSPS) is 25.7. The molecule has 1 rings (SSSR count). The zero-order valence-electron chi connectivity index (χ0n) is 6.93. The minimum absolute atomic E-state index is 0.618. The predicted molar refractivity (Wildman–Crippen MR) is 45.1 cm³/mol. The van der Waals surface area contributed by atoms with Gasteiger partial charge in [-0.2, -0.15) is 0 Å². The summed E-state index contributed by atoms with van der Waals surface area (Å²) in [4.78, 5) is 0. The molecule has 0 heterocycles. The van der Waals surface area contributed by atoms with E-state index in [2.05, 4.69) is 31.3 Å². The Morgan fingerprint density at radius 1 is 1.50 bits per heavy atom. The SMILES string of the molecule is CC(C)NC1C=CCCC1. The highest BCUT2D eigenvalue weighted by Crippen LogP contribution is 2.10. The van der Waals surface area contributed by atoms with Crippen LogP contribution in [0.15, 0.2) is 12.2 Å². The molecule has 0 bridgehead atoms. The molecule has 1 aliphatic carbocycles. The lowest BCUT2D eigenvalue weighted by atomic mass is 10.0. The van der Waals surface area contributed by atoms with Gasteiger partial charge in [-0.15, -0.1) is 0 Å². The molecule has 0 spiro atoms. The smallest absolute Gasteiger partial charge is 0.0252 e. The average molecular weight is 139 g/mol. The van der Waals surface area contributed by atoms with Gasteiger partial charge in [0.25, 0.3) is 0 Å². The van der Waals surface area contributed by atoms with Crippen molar-refractivity contribution >= 4 is 0 Å². The van der Waals surface area contributed by atoms with Gasteiger partial charge in [0, 0.05) is 12.1 Å². The van der Waals surface area contributed by atoms with Crippen molar-refractivity contribution in [2.24, 2.45) is 0 Å². The van der Waals surface area contributed by atoms with E-state index in [4.69, 9.17) is 0 Å². The van der Waals surface area contributed by atoms with Crippen molar-refractivity contribution in [1.29, 1.82) is 0 Å². The Balaban J connectivity index is 2.26. The summed E-state index contributed by atoms with van der Waals surface area (Å²) in [7, 11) is 0. The highest BCUT2D eigenvalue weighted by Gasteiger charge is 2.07. The molecule has 1 atom stereocenters. The van der Waals surface area contributed by atoms with Crippen LogP contribution in [0.3, 0.4) is 0 Å². The molecule has 1 heteroatoms. The zero-order valence-corrected chi connectivity index (χ0v) is 6.93. The molecule has 0 aliphatic heterocycles. The first-order valence-corrected chi connectivity index (χ1v) is 4.22. The van der Waals surface area contributed by atoms with E-state index >= 15 is 0 Å². The topological polar surface area (TPSA) is 12.0 Å². The molecule has 1 unspecified atom stereocenters. The summed E-state index contributed by atoms with van der Waals surface area (Å²) in [6, 6.07) is 1.27. The summed E-state index contributed by atoms with van der Waals surface area (Å²) in [6.45, 7) is 4.39. The Morgan fingerprint density at radius 3 is 2.80 bits per heavy atom. The molecule has 0 aromatic rings. The quantitative estimate of drug-likeness (QED) is 0.578. The molecule has 0 amide bonds. The number of rotatable bonds is 2. The monoisotopic (exact) mass is 139 g/mol. The van der Waals surface area contributed by atoms with Crippen LogP contribution in [-0.4, -0.2) is 12.1 Å². The summed E-state index contributed by atoms with van der Waals surface area (Å²) in [5.74, 6) is 0. The predicted octanol–water partition coefficient (Wildman–Crippen LogP) is 2.09. The van der Waals surface area contributed by atoms with Gasteiger partial charge in [0.2, 0.25) is 0 Å². The van der Waals surface area contributed by atoms with Crippen LogP contribution in [0.1, 0.15) is 33.1 Å². The van der Waals surface area contributed by atoms with Crippen molar-refractivity contribution in [1.82, 2.24) is 5.32 Å². The van der Waals surface area contributed by atoms with Gasteiger partial charge >= 0.3 is 0 Å². The van der Waals surface area contributed by atoms with E-state index in [0.29, 0.717) is 12.1 Å². The minimum Gasteiger partial charge on any atom is -0.308 e. The third kappa shape index (κ3) is 2.53. The Kier molecular flexibility index (Phi) is 2.94.